The van der Waals surface area contributed by atoms with E-state index in [1.54, 1.807) is 18.4 Å². The number of amides is 1. The quantitative estimate of drug-likeness (QED) is 0.735. The van der Waals surface area contributed by atoms with Crippen LogP contribution in [-0.2, 0) is 6.42 Å². The predicted molar refractivity (Wildman–Crippen MR) is 96.9 cm³/mol. The maximum absolute atomic E-state index is 13.0. The molecule has 0 aliphatic heterocycles. The number of carbonyl (C=O) groups excluding carboxylic acids is 1. The molecule has 2 heterocycles. The van der Waals surface area contributed by atoms with Crippen LogP contribution in [0.5, 0.6) is 5.75 Å². The number of fused-ring (bicyclic) bond motifs is 1. The van der Waals surface area contributed by atoms with Crippen molar-refractivity contribution in [3.05, 3.63) is 52.3 Å². The van der Waals surface area contributed by atoms with E-state index in [-0.39, 0.29) is 5.91 Å². The highest BCUT2D eigenvalue weighted by Crippen LogP contribution is 2.30. The average molecular weight is 340 g/mol. The number of thiophene rings is 1. The lowest BCUT2D eigenvalue weighted by Gasteiger charge is -2.21. The molecule has 1 amide bonds. The highest BCUT2D eigenvalue weighted by molar-refractivity contribution is 7.09. The van der Waals surface area contributed by atoms with Gasteiger partial charge in [-0.15, -0.1) is 11.3 Å². The second-order valence-electron chi connectivity index (χ2n) is 6.20. The summed E-state index contributed by atoms with van der Waals surface area (Å²) in [5.74, 6) is 0.893. The lowest BCUT2D eigenvalue weighted by atomic mass is 10.2. The summed E-state index contributed by atoms with van der Waals surface area (Å²) in [5, 5.41) is 3.12. The topological polar surface area (TPSA) is 45.3 Å². The number of methoxy groups -OCH3 is 1. The first kappa shape index (κ1) is 15.3. The first-order valence-corrected chi connectivity index (χ1v) is 9.12. The summed E-state index contributed by atoms with van der Waals surface area (Å²) in [6, 6.07) is 12.4. The predicted octanol–water partition coefficient (Wildman–Crippen LogP) is 4.09. The number of benzene rings is 1. The van der Waals surface area contributed by atoms with Gasteiger partial charge in [0.25, 0.3) is 5.91 Å². The molecule has 2 aromatic heterocycles. The van der Waals surface area contributed by atoms with Gasteiger partial charge in [-0.05, 0) is 48.9 Å². The molecule has 1 aliphatic rings. The third kappa shape index (κ3) is 3.04. The fourth-order valence-corrected chi connectivity index (χ4v) is 3.72. The second-order valence-corrected chi connectivity index (χ2v) is 7.23. The van der Waals surface area contributed by atoms with E-state index in [4.69, 9.17) is 4.74 Å². The SMILES string of the molecule is COc1ccc2cc(C(=O)N(CCc3cccs3)C3CC3)[nH]c2c1. The highest BCUT2D eigenvalue weighted by Gasteiger charge is 2.33. The van der Waals surface area contributed by atoms with E-state index in [0.29, 0.717) is 11.7 Å². The van der Waals surface area contributed by atoms with E-state index in [1.807, 2.05) is 29.2 Å². The number of aromatic nitrogens is 1. The summed E-state index contributed by atoms with van der Waals surface area (Å²) < 4.78 is 5.25. The van der Waals surface area contributed by atoms with E-state index in [0.717, 1.165) is 42.5 Å². The van der Waals surface area contributed by atoms with Gasteiger partial charge in [0.2, 0.25) is 0 Å². The molecule has 0 atom stereocenters. The van der Waals surface area contributed by atoms with E-state index < -0.39 is 0 Å². The number of hydrogen-bond acceptors (Lipinski definition) is 3. The van der Waals surface area contributed by atoms with Gasteiger partial charge in [0.15, 0.2) is 0 Å². The summed E-state index contributed by atoms with van der Waals surface area (Å²) in [7, 11) is 1.65. The van der Waals surface area contributed by atoms with Crippen LogP contribution in [0.25, 0.3) is 10.9 Å². The summed E-state index contributed by atoms with van der Waals surface area (Å²) in [4.78, 5) is 19.6. The number of ether oxygens (including phenoxy) is 1. The maximum atomic E-state index is 13.0. The summed E-state index contributed by atoms with van der Waals surface area (Å²) in [6.45, 7) is 0.780. The first-order valence-electron chi connectivity index (χ1n) is 8.25. The molecular formula is C19H20N2O2S. The zero-order valence-corrected chi connectivity index (χ0v) is 14.4. The largest absolute Gasteiger partial charge is 0.497 e. The summed E-state index contributed by atoms with van der Waals surface area (Å²) in [6.07, 6.45) is 3.16. The van der Waals surface area contributed by atoms with Crippen molar-refractivity contribution in [1.29, 1.82) is 0 Å². The molecule has 124 valence electrons. The van der Waals surface area contributed by atoms with Crippen LogP contribution in [-0.4, -0.2) is 35.5 Å². The molecule has 1 aliphatic carbocycles. The zero-order valence-electron chi connectivity index (χ0n) is 13.6. The third-order valence-corrected chi connectivity index (χ3v) is 5.42. The minimum atomic E-state index is 0.101. The first-order chi connectivity index (χ1) is 11.7. The Hall–Kier alpha value is -2.27. The van der Waals surface area contributed by atoms with Gasteiger partial charge in [0, 0.05) is 34.4 Å². The molecule has 5 heteroatoms. The van der Waals surface area contributed by atoms with Gasteiger partial charge in [0.1, 0.15) is 11.4 Å². The van der Waals surface area contributed by atoms with Gasteiger partial charge >= 0.3 is 0 Å². The number of carbonyl (C=O) groups is 1. The van der Waals surface area contributed by atoms with Gasteiger partial charge in [0.05, 0.1) is 7.11 Å². The molecule has 3 aromatic rings. The lowest BCUT2D eigenvalue weighted by molar-refractivity contribution is 0.0740. The number of hydrogen-bond donors (Lipinski definition) is 1. The minimum Gasteiger partial charge on any atom is -0.497 e. The van der Waals surface area contributed by atoms with Gasteiger partial charge in [-0.2, -0.15) is 0 Å². The van der Waals surface area contributed by atoms with Crippen molar-refractivity contribution in [2.45, 2.75) is 25.3 Å². The Labute approximate surface area is 145 Å². The van der Waals surface area contributed by atoms with Gasteiger partial charge in [-0.25, -0.2) is 0 Å². The van der Waals surface area contributed by atoms with Gasteiger partial charge in [-0.3, -0.25) is 4.79 Å². The maximum Gasteiger partial charge on any atom is 0.270 e. The second kappa shape index (κ2) is 6.32. The van der Waals surface area contributed by atoms with E-state index in [1.165, 1.54) is 4.88 Å². The molecule has 0 radical (unpaired) electrons. The van der Waals surface area contributed by atoms with Gasteiger partial charge in [-0.1, -0.05) is 6.07 Å². The van der Waals surface area contributed by atoms with Crippen molar-refractivity contribution in [2.75, 3.05) is 13.7 Å². The Balaban J connectivity index is 1.55. The molecular weight excluding hydrogens is 320 g/mol. The van der Waals surface area contributed by atoms with Crippen molar-refractivity contribution >= 4 is 28.1 Å². The lowest BCUT2D eigenvalue weighted by Crippen LogP contribution is -2.35. The van der Waals surface area contributed by atoms with Crippen molar-refractivity contribution in [2.24, 2.45) is 0 Å². The number of nitrogens with one attached hydrogen (secondary N) is 1. The Morgan fingerprint density at radius 1 is 1.33 bits per heavy atom. The van der Waals surface area contributed by atoms with Crippen LogP contribution in [0.15, 0.2) is 41.8 Å². The van der Waals surface area contributed by atoms with Crippen molar-refractivity contribution in [3.8, 4) is 5.75 Å². The number of H-pyrrole nitrogens is 1. The van der Waals surface area contributed by atoms with Gasteiger partial charge < -0.3 is 14.6 Å². The Morgan fingerprint density at radius 2 is 2.21 bits per heavy atom. The molecule has 1 aromatic carbocycles. The average Bonchev–Trinajstić information content (AvgIpc) is 3.13. The van der Waals surface area contributed by atoms with Crippen LogP contribution in [0.2, 0.25) is 0 Å². The monoisotopic (exact) mass is 340 g/mol. The van der Waals surface area contributed by atoms with E-state index in [2.05, 4.69) is 22.5 Å². The van der Waals surface area contributed by atoms with Crippen LogP contribution in [0.1, 0.15) is 28.2 Å². The van der Waals surface area contributed by atoms with Crippen LogP contribution in [0.3, 0.4) is 0 Å². The molecule has 24 heavy (non-hydrogen) atoms. The third-order valence-electron chi connectivity index (χ3n) is 4.49. The molecule has 1 saturated carbocycles. The minimum absolute atomic E-state index is 0.101. The fraction of sp³-hybridized carbons (Fsp3) is 0.316. The Kier molecular flexibility index (Phi) is 4.02. The molecule has 4 nitrogen and oxygen atoms in total. The summed E-state index contributed by atoms with van der Waals surface area (Å²) in [5.41, 5.74) is 1.60. The molecule has 4 rings (SSSR count). The van der Waals surface area contributed by atoms with Crippen molar-refractivity contribution in [1.82, 2.24) is 9.88 Å². The number of aromatic amines is 1. The normalized spacial score (nSPS) is 14.0. The van der Waals surface area contributed by atoms with Crippen molar-refractivity contribution in [3.63, 3.8) is 0 Å². The molecule has 0 spiro atoms. The Bertz CT molecular complexity index is 850. The summed E-state index contributed by atoms with van der Waals surface area (Å²) >= 11 is 1.75. The van der Waals surface area contributed by atoms with Crippen LogP contribution >= 0.6 is 11.3 Å². The van der Waals surface area contributed by atoms with Crippen LogP contribution in [0.4, 0.5) is 0 Å². The van der Waals surface area contributed by atoms with E-state index in [9.17, 15) is 4.79 Å². The molecule has 0 unspecified atom stereocenters. The fourth-order valence-electron chi connectivity index (χ4n) is 3.02. The van der Waals surface area contributed by atoms with Crippen LogP contribution in [0, 0.1) is 0 Å². The molecule has 0 bridgehead atoms. The molecule has 1 N–H and O–H groups in total. The smallest absolute Gasteiger partial charge is 0.270 e. The standard InChI is InChI=1S/C19H20N2O2S/c1-23-15-7-4-13-11-18(20-17(13)12-15)19(22)21(14-5-6-14)9-8-16-3-2-10-24-16/h2-4,7,10-12,14,20H,5-6,8-9H2,1H3. The number of nitrogens with zero attached hydrogens (tertiary/aromatic N) is 1. The number of rotatable bonds is 6. The molecule has 1 fully saturated rings. The van der Waals surface area contributed by atoms with E-state index >= 15 is 0 Å². The Morgan fingerprint density at radius 3 is 2.92 bits per heavy atom. The van der Waals surface area contributed by atoms with Crippen molar-refractivity contribution < 1.29 is 9.53 Å². The highest BCUT2D eigenvalue weighted by atomic mass is 32.1. The van der Waals surface area contributed by atoms with Crippen LogP contribution < -0.4 is 4.74 Å². The zero-order chi connectivity index (χ0) is 16.5. The molecule has 0 saturated heterocycles.